The molecule has 0 fully saturated rings. The van der Waals surface area contributed by atoms with Gasteiger partial charge >= 0.3 is 0 Å². The van der Waals surface area contributed by atoms with Crippen molar-refractivity contribution in [2.45, 2.75) is 6.92 Å². The van der Waals surface area contributed by atoms with Gasteiger partial charge in [0.1, 0.15) is 5.69 Å². The highest BCUT2D eigenvalue weighted by molar-refractivity contribution is 6.30. The molecule has 6 nitrogen and oxygen atoms in total. The van der Waals surface area contributed by atoms with Crippen LogP contribution in [0.3, 0.4) is 0 Å². The van der Waals surface area contributed by atoms with E-state index in [1.165, 1.54) is 0 Å². The summed E-state index contributed by atoms with van der Waals surface area (Å²) in [7, 11) is 0. The fraction of sp³-hybridized carbons (Fsp3) is 0.125. The van der Waals surface area contributed by atoms with Gasteiger partial charge in [0.05, 0.1) is 5.69 Å². The zero-order valence-electron chi connectivity index (χ0n) is 12.4. The van der Waals surface area contributed by atoms with Crippen molar-refractivity contribution in [3.63, 3.8) is 0 Å². The van der Waals surface area contributed by atoms with E-state index < -0.39 is 0 Å². The third-order valence-corrected chi connectivity index (χ3v) is 3.45. The number of nitrogens with zero attached hydrogens (tertiary/aromatic N) is 4. The molecule has 0 unspecified atom stereocenters. The van der Waals surface area contributed by atoms with Crippen molar-refractivity contribution in [3.8, 4) is 16.9 Å². The van der Waals surface area contributed by atoms with E-state index in [-0.39, 0.29) is 11.6 Å². The smallest absolute Gasteiger partial charge is 0.274 e. The molecule has 0 saturated carbocycles. The maximum atomic E-state index is 12.3. The molecular weight excluding hydrogens is 314 g/mol. The van der Waals surface area contributed by atoms with Crippen molar-refractivity contribution in [1.82, 2.24) is 25.3 Å². The zero-order chi connectivity index (χ0) is 16.2. The van der Waals surface area contributed by atoms with E-state index in [0.717, 1.165) is 11.3 Å². The van der Waals surface area contributed by atoms with Crippen molar-refractivity contribution in [2.24, 2.45) is 0 Å². The van der Waals surface area contributed by atoms with E-state index in [1.807, 2.05) is 25.1 Å². The van der Waals surface area contributed by atoms with E-state index in [9.17, 15) is 4.79 Å². The lowest BCUT2D eigenvalue weighted by molar-refractivity contribution is 0.0951. The molecule has 7 heteroatoms. The largest absolute Gasteiger partial charge is 0.351 e. The summed E-state index contributed by atoms with van der Waals surface area (Å²) in [4.78, 5) is 16.4. The summed E-state index contributed by atoms with van der Waals surface area (Å²) in [6, 6.07) is 10.9. The zero-order valence-corrected chi connectivity index (χ0v) is 13.2. The maximum Gasteiger partial charge on any atom is 0.274 e. The minimum absolute atomic E-state index is 0.250. The molecule has 0 saturated heterocycles. The number of rotatable bonds is 4. The van der Waals surface area contributed by atoms with Crippen LogP contribution in [-0.4, -0.2) is 32.4 Å². The highest BCUT2D eigenvalue weighted by Gasteiger charge is 2.21. The molecule has 1 N–H and O–H groups in total. The molecule has 23 heavy (non-hydrogen) atoms. The lowest BCUT2D eigenvalue weighted by Crippen LogP contribution is -2.23. The maximum absolute atomic E-state index is 12.3. The van der Waals surface area contributed by atoms with Gasteiger partial charge in [-0.05, 0) is 37.3 Å². The summed E-state index contributed by atoms with van der Waals surface area (Å²) >= 11 is 6.06. The lowest BCUT2D eigenvalue weighted by atomic mass is 10.1. The monoisotopic (exact) mass is 327 g/mol. The molecule has 3 aromatic rings. The number of amides is 1. The Kier molecular flexibility index (Phi) is 4.34. The Morgan fingerprint density at radius 1 is 1.30 bits per heavy atom. The number of aromatic nitrogens is 4. The van der Waals surface area contributed by atoms with Crippen LogP contribution in [0, 0.1) is 0 Å². The first-order chi connectivity index (χ1) is 11.2. The van der Waals surface area contributed by atoms with Gasteiger partial charge in [-0.2, -0.15) is 0 Å². The lowest BCUT2D eigenvalue weighted by Gasteiger charge is -2.08. The first kappa shape index (κ1) is 15.2. The Hall–Kier alpha value is -2.73. The second-order valence-corrected chi connectivity index (χ2v) is 5.22. The summed E-state index contributed by atoms with van der Waals surface area (Å²) < 4.78 is 1.59. The number of carbonyl (C=O) groups is 1. The van der Waals surface area contributed by atoms with Crippen molar-refractivity contribution in [3.05, 3.63) is 59.5 Å². The Morgan fingerprint density at radius 3 is 2.87 bits per heavy atom. The number of pyridine rings is 1. The van der Waals surface area contributed by atoms with Gasteiger partial charge < -0.3 is 5.32 Å². The number of benzene rings is 1. The molecule has 2 aromatic heterocycles. The average molecular weight is 328 g/mol. The average Bonchev–Trinajstić information content (AvgIpc) is 3.01. The van der Waals surface area contributed by atoms with Gasteiger partial charge in [0.25, 0.3) is 5.91 Å². The van der Waals surface area contributed by atoms with Crippen LogP contribution in [0.4, 0.5) is 0 Å². The molecule has 0 atom stereocenters. The minimum atomic E-state index is -0.278. The van der Waals surface area contributed by atoms with Gasteiger partial charge in [-0.25, -0.2) is 4.68 Å². The molecule has 0 radical (unpaired) electrons. The molecule has 3 rings (SSSR count). The Bertz CT molecular complexity index is 831. The van der Waals surface area contributed by atoms with Crippen LogP contribution >= 0.6 is 11.6 Å². The van der Waals surface area contributed by atoms with Gasteiger partial charge in [0.2, 0.25) is 0 Å². The third-order valence-electron chi connectivity index (χ3n) is 3.21. The van der Waals surface area contributed by atoms with Crippen LogP contribution in [0.5, 0.6) is 0 Å². The number of nitrogens with one attached hydrogen (secondary N) is 1. The molecule has 116 valence electrons. The normalized spacial score (nSPS) is 10.5. The van der Waals surface area contributed by atoms with Crippen LogP contribution in [0.25, 0.3) is 16.9 Å². The molecule has 0 spiro atoms. The fourth-order valence-electron chi connectivity index (χ4n) is 2.23. The number of hydrogen-bond acceptors (Lipinski definition) is 4. The fourth-order valence-corrected chi connectivity index (χ4v) is 2.41. The highest BCUT2D eigenvalue weighted by atomic mass is 35.5. The van der Waals surface area contributed by atoms with Crippen LogP contribution in [0.2, 0.25) is 5.02 Å². The molecule has 0 aliphatic carbocycles. The second kappa shape index (κ2) is 6.58. The predicted octanol–water partition coefficient (Wildman–Crippen LogP) is 2.73. The molecular formula is C16H14ClN5O. The van der Waals surface area contributed by atoms with Gasteiger partial charge in [-0.3, -0.25) is 9.78 Å². The van der Waals surface area contributed by atoms with Gasteiger partial charge in [-0.15, -0.1) is 5.10 Å². The third kappa shape index (κ3) is 3.07. The number of halogens is 1. The Labute approximate surface area is 138 Å². The molecule has 2 heterocycles. The van der Waals surface area contributed by atoms with Gasteiger partial charge in [-0.1, -0.05) is 22.9 Å². The number of carbonyl (C=O) groups excluding carboxylic acids is 1. The summed E-state index contributed by atoms with van der Waals surface area (Å²) in [6.07, 6.45) is 3.34. The Balaban J connectivity index is 2.19. The molecule has 1 amide bonds. The predicted molar refractivity (Wildman–Crippen MR) is 87.6 cm³/mol. The minimum Gasteiger partial charge on any atom is -0.351 e. The van der Waals surface area contributed by atoms with Crippen LogP contribution in [0.1, 0.15) is 17.4 Å². The molecule has 1 aromatic carbocycles. The van der Waals surface area contributed by atoms with Crippen LogP contribution in [-0.2, 0) is 0 Å². The van der Waals surface area contributed by atoms with E-state index in [4.69, 9.17) is 11.6 Å². The molecule has 0 aliphatic heterocycles. The first-order valence-corrected chi connectivity index (χ1v) is 7.48. The SMILES string of the molecule is CCNC(=O)c1nnn(-c2cccc(Cl)c2)c1-c1cccnc1. The van der Waals surface area contributed by atoms with E-state index >= 15 is 0 Å². The quantitative estimate of drug-likeness (QED) is 0.799. The number of hydrogen-bond donors (Lipinski definition) is 1. The van der Waals surface area contributed by atoms with Crippen molar-refractivity contribution < 1.29 is 4.79 Å². The first-order valence-electron chi connectivity index (χ1n) is 7.11. The van der Waals surface area contributed by atoms with Crippen molar-refractivity contribution >= 4 is 17.5 Å². The second-order valence-electron chi connectivity index (χ2n) is 4.78. The summed E-state index contributed by atoms with van der Waals surface area (Å²) in [5.41, 5.74) is 2.30. The van der Waals surface area contributed by atoms with Crippen LogP contribution < -0.4 is 5.32 Å². The Morgan fingerprint density at radius 2 is 2.17 bits per heavy atom. The van der Waals surface area contributed by atoms with Gasteiger partial charge in [0, 0.05) is 29.5 Å². The van der Waals surface area contributed by atoms with Gasteiger partial charge in [0.15, 0.2) is 5.69 Å². The summed E-state index contributed by atoms with van der Waals surface area (Å²) in [5, 5.41) is 11.5. The molecule has 0 bridgehead atoms. The highest BCUT2D eigenvalue weighted by Crippen LogP contribution is 2.25. The van der Waals surface area contributed by atoms with E-state index in [2.05, 4.69) is 20.6 Å². The van der Waals surface area contributed by atoms with Crippen molar-refractivity contribution in [2.75, 3.05) is 6.54 Å². The molecule has 0 aliphatic rings. The van der Waals surface area contributed by atoms with Crippen molar-refractivity contribution in [1.29, 1.82) is 0 Å². The summed E-state index contributed by atoms with van der Waals surface area (Å²) in [6.45, 7) is 2.36. The topological polar surface area (TPSA) is 72.7 Å². The van der Waals surface area contributed by atoms with E-state index in [0.29, 0.717) is 17.3 Å². The van der Waals surface area contributed by atoms with E-state index in [1.54, 1.807) is 35.3 Å². The van der Waals surface area contributed by atoms with Crippen LogP contribution in [0.15, 0.2) is 48.8 Å². The summed E-state index contributed by atoms with van der Waals surface area (Å²) in [5.74, 6) is -0.278. The standard InChI is InChI=1S/C16H14ClN5O/c1-2-19-16(23)14-15(11-5-4-8-18-10-11)22(21-20-14)13-7-3-6-12(17)9-13/h3-10H,2H2,1H3,(H,19,23).